The molecule has 4 aromatic rings. The van der Waals surface area contributed by atoms with Gasteiger partial charge in [0.2, 0.25) is 11.8 Å². The molecule has 0 aliphatic rings. The van der Waals surface area contributed by atoms with Gasteiger partial charge in [-0.1, -0.05) is 25.1 Å². The average Bonchev–Trinajstić information content (AvgIpc) is 3.29. The Kier molecular flexibility index (Phi) is 4.89. The molecule has 28 heavy (non-hydrogen) atoms. The quantitative estimate of drug-likeness (QED) is 0.539. The second-order valence-corrected chi connectivity index (χ2v) is 6.48. The lowest BCUT2D eigenvalue weighted by molar-refractivity contribution is -0.116. The second kappa shape index (κ2) is 7.64. The molecular weight excluding hydrogens is 359 g/mol. The minimum atomic E-state index is -0.351. The van der Waals surface area contributed by atoms with E-state index >= 15 is 0 Å². The number of nitrogens with zero attached hydrogens (tertiary/aromatic N) is 3. The SMILES string of the molecule is CCCc1nnc(-c2cc3ccccc3n2CC(=O)Nc2ccc(F)cc2)o1. The van der Waals surface area contributed by atoms with Gasteiger partial charge in [0.1, 0.15) is 18.1 Å². The molecule has 0 aliphatic carbocycles. The van der Waals surface area contributed by atoms with Crippen molar-refractivity contribution >= 4 is 22.5 Å². The van der Waals surface area contributed by atoms with Crippen LogP contribution in [0.25, 0.3) is 22.5 Å². The minimum Gasteiger partial charge on any atom is -0.419 e. The number of halogens is 1. The van der Waals surface area contributed by atoms with Gasteiger partial charge in [0, 0.05) is 23.0 Å². The molecule has 0 unspecified atom stereocenters. The molecule has 1 N–H and O–H groups in total. The molecule has 4 rings (SSSR count). The van der Waals surface area contributed by atoms with E-state index in [9.17, 15) is 9.18 Å². The summed E-state index contributed by atoms with van der Waals surface area (Å²) < 4.78 is 20.7. The van der Waals surface area contributed by atoms with Crippen molar-refractivity contribution in [3.05, 3.63) is 66.3 Å². The van der Waals surface area contributed by atoms with E-state index in [-0.39, 0.29) is 18.3 Å². The fourth-order valence-electron chi connectivity index (χ4n) is 3.11. The first-order valence-corrected chi connectivity index (χ1v) is 9.10. The maximum Gasteiger partial charge on any atom is 0.264 e. The Labute approximate surface area is 161 Å². The molecular formula is C21H19FN4O2. The molecule has 0 radical (unpaired) electrons. The third-order valence-corrected chi connectivity index (χ3v) is 4.39. The first kappa shape index (κ1) is 17.9. The topological polar surface area (TPSA) is 73.0 Å². The molecule has 0 atom stereocenters. The summed E-state index contributed by atoms with van der Waals surface area (Å²) in [6.45, 7) is 2.10. The van der Waals surface area contributed by atoms with Gasteiger partial charge in [-0.05, 0) is 42.8 Å². The summed E-state index contributed by atoms with van der Waals surface area (Å²) in [6.07, 6.45) is 1.61. The van der Waals surface area contributed by atoms with Crippen molar-refractivity contribution in [3.63, 3.8) is 0 Å². The molecule has 0 bridgehead atoms. The van der Waals surface area contributed by atoms with E-state index in [2.05, 4.69) is 15.5 Å². The largest absolute Gasteiger partial charge is 0.419 e. The van der Waals surface area contributed by atoms with E-state index in [1.807, 2.05) is 41.8 Å². The zero-order valence-electron chi connectivity index (χ0n) is 15.4. The van der Waals surface area contributed by atoms with Gasteiger partial charge in [0.05, 0.1) is 0 Å². The number of anilines is 1. The highest BCUT2D eigenvalue weighted by Gasteiger charge is 2.18. The first-order valence-electron chi connectivity index (χ1n) is 9.10. The van der Waals surface area contributed by atoms with Crippen LogP contribution in [0.5, 0.6) is 0 Å². The van der Waals surface area contributed by atoms with Gasteiger partial charge in [0.15, 0.2) is 0 Å². The second-order valence-electron chi connectivity index (χ2n) is 6.48. The maximum absolute atomic E-state index is 13.1. The van der Waals surface area contributed by atoms with E-state index in [1.165, 1.54) is 24.3 Å². The molecule has 142 valence electrons. The number of amides is 1. The van der Waals surface area contributed by atoms with Crippen LogP contribution in [0.4, 0.5) is 10.1 Å². The Balaban J connectivity index is 1.66. The van der Waals surface area contributed by atoms with E-state index in [4.69, 9.17) is 4.42 Å². The standard InChI is InChI=1S/C21H19FN4O2/c1-2-5-20-24-25-21(28-20)18-12-14-6-3-4-7-17(14)26(18)13-19(27)23-16-10-8-15(22)9-11-16/h3-4,6-12H,2,5,13H2,1H3,(H,23,27). The van der Waals surface area contributed by atoms with E-state index in [0.717, 1.165) is 17.3 Å². The number of para-hydroxylation sites is 1. The molecule has 0 spiro atoms. The van der Waals surface area contributed by atoms with Gasteiger partial charge >= 0.3 is 0 Å². The summed E-state index contributed by atoms with van der Waals surface area (Å²) in [4.78, 5) is 12.6. The van der Waals surface area contributed by atoms with Crippen molar-refractivity contribution < 1.29 is 13.6 Å². The van der Waals surface area contributed by atoms with Crippen LogP contribution in [0.1, 0.15) is 19.2 Å². The summed E-state index contributed by atoms with van der Waals surface area (Å²) in [5, 5.41) is 12.0. The summed E-state index contributed by atoms with van der Waals surface area (Å²) in [5.41, 5.74) is 2.11. The summed E-state index contributed by atoms with van der Waals surface area (Å²) >= 11 is 0. The zero-order chi connectivity index (χ0) is 19.5. The number of hydrogen-bond donors (Lipinski definition) is 1. The molecule has 0 aliphatic heterocycles. The highest BCUT2D eigenvalue weighted by Crippen LogP contribution is 2.28. The van der Waals surface area contributed by atoms with Crippen LogP contribution in [-0.2, 0) is 17.8 Å². The highest BCUT2D eigenvalue weighted by molar-refractivity contribution is 5.93. The van der Waals surface area contributed by atoms with Crippen molar-refractivity contribution in [1.29, 1.82) is 0 Å². The number of hydrogen-bond acceptors (Lipinski definition) is 4. The Morgan fingerprint density at radius 1 is 1.14 bits per heavy atom. The molecule has 0 fully saturated rings. The Hall–Kier alpha value is -3.48. The predicted octanol–water partition coefficient (Wildman–Crippen LogP) is 4.42. The summed E-state index contributed by atoms with van der Waals surface area (Å²) in [5.74, 6) is 0.373. The van der Waals surface area contributed by atoms with Crippen LogP contribution in [0.2, 0.25) is 0 Å². The number of fused-ring (bicyclic) bond motifs is 1. The van der Waals surface area contributed by atoms with Gasteiger partial charge in [0.25, 0.3) is 5.89 Å². The van der Waals surface area contributed by atoms with Crippen molar-refractivity contribution in [1.82, 2.24) is 14.8 Å². The lowest BCUT2D eigenvalue weighted by atomic mass is 10.2. The van der Waals surface area contributed by atoms with Gasteiger partial charge in [-0.2, -0.15) is 0 Å². The lowest BCUT2D eigenvalue weighted by Crippen LogP contribution is -2.19. The first-order chi connectivity index (χ1) is 13.6. The third kappa shape index (κ3) is 3.64. The molecule has 1 amide bonds. The van der Waals surface area contributed by atoms with Gasteiger partial charge in [-0.15, -0.1) is 10.2 Å². The van der Waals surface area contributed by atoms with Crippen LogP contribution in [0.3, 0.4) is 0 Å². The summed E-state index contributed by atoms with van der Waals surface area (Å²) in [6, 6.07) is 15.4. The number of nitrogens with one attached hydrogen (secondary N) is 1. The fraction of sp³-hybridized carbons (Fsp3) is 0.190. The average molecular weight is 378 g/mol. The van der Waals surface area contributed by atoms with Gasteiger partial charge in [-0.25, -0.2) is 4.39 Å². The number of carbonyl (C=O) groups is 1. The number of rotatable bonds is 6. The smallest absolute Gasteiger partial charge is 0.264 e. The van der Waals surface area contributed by atoms with E-state index < -0.39 is 0 Å². The summed E-state index contributed by atoms with van der Waals surface area (Å²) in [7, 11) is 0. The van der Waals surface area contributed by atoms with Crippen LogP contribution in [0, 0.1) is 5.82 Å². The van der Waals surface area contributed by atoms with Crippen LogP contribution < -0.4 is 5.32 Å². The number of aryl methyl sites for hydroxylation is 1. The van der Waals surface area contributed by atoms with Crippen molar-refractivity contribution in [2.24, 2.45) is 0 Å². The van der Waals surface area contributed by atoms with Crippen LogP contribution in [-0.4, -0.2) is 20.7 Å². The van der Waals surface area contributed by atoms with E-state index in [0.29, 0.717) is 29.6 Å². The molecule has 7 heteroatoms. The number of aromatic nitrogens is 3. The molecule has 2 aromatic heterocycles. The Morgan fingerprint density at radius 2 is 1.93 bits per heavy atom. The Bertz CT molecular complexity index is 1120. The minimum absolute atomic E-state index is 0.0612. The van der Waals surface area contributed by atoms with Crippen LogP contribution in [0.15, 0.2) is 59.0 Å². The molecule has 0 saturated heterocycles. The maximum atomic E-state index is 13.1. The third-order valence-electron chi connectivity index (χ3n) is 4.39. The van der Waals surface area contributed by atoms with Crippen molar-refractivity contribution in [2.75, 3.05) is 5.32 Å². The van der Waals surface area contributed by atoms with Crippen molar-refractivity contribution in [3.8, 4) is 11.6 Å². The van der Waals surface area contributed by atoms with E-state index in [1.54, 1.807) is 0 Å². The van der Waals surface area contributed by atoms with Crippen molar-refractivity contribution in [2.45, 2.75) is 26.3 Å². The highest BCUT2D eigenvalue weighted by atomic mass is 19.1. The van der Waals surface area contributed by atoms with Gasteiger partial charge in [-0.3, -0.25) is 4.79 Å². The lowest BCUT2D eigenvalue weighted by Gasteiger charge is -2.10. The normalized spacial score (nSPS) is 11.1. The molecule has 6 nitrogen and oxygen atoms in total. The zero-order valence-corrected chi connectivity index (χ0v) is 15.4. The Morgan fingerprint density at radius 3 is 2.71 bits per heavy atom. The van der Waals surface area contributed by atoms with Gasteiger partial charge < -0.3 is 14.3 Å². The monoisotopic (exact) mass is 378 g/mol. The molecule has 2 aromatic carbocycles. The molecule has 2 heterocycles. The predicted molar refractivity (Wildman–Crippen MR) is 104 cm³/mol. The van der Waals surface area contributed by atoms with Crippen LogP contribution >= 0.6 is 0 Å². The number of carbonyl (C=O) groups excluding carboxylic acids is 1. The number of benzene rings is 2. The molecule has 0 saturated carbocycles. The fourth-order valence-corrected chi connectivity index (χ4v) is 3.11.